The van der Waals surface area contributed by atoms with Crippen LogP contribution in [-0.2, 0) is 20.9 Å². The molecule has 1 N–H and O–H groups in total. The Morgan fingerprint density at radius 1 is 1.13 bits per heavy atom. The van der Waals surface area contributed by atoms with Gasteiger partial charge in [0.2, 0.25) is 0 Å². The number of carbonyl (C=O) groups excluding carboxylic acids is 3. The Balaban J connectivity index is 1.30. The van der Waals surface area contributed by atoms with E-state index in [-0.39, 0.29) is 30.9 Å². The van der Waals surface area contributed by atoms with Crippen LogP contribution >= 0.6 is 0 Å². The molecular formula is C24H28N2O5. The summed E-state index contributed by atoms with van der Waals surface area (Å²) >= 11 is 0. The van der Waals surface area contributed by atoms with Gasteiger partial charge in [-0.15, -0.1) is 0 Å². The molecule has 2 aromatic rings. The normalized spacial score (nSPS) is 21.6. The van der Waals surface area contributed by atoms with E-state index < -0.39 is 0 Å². The second-order valence-electron chi connectivity index (χ2n) is 8.53. The lowest BCUT2D eigenvalue weighted by Crippen LogP contribution is -2.34. The average Bonchev–Trinajstić information content (AvgIpc) is 3.54. The Kier molecular flexibility index (Phi) is 6.39. The number of benzene rings is 1. The number of hydrogen-bond acceptors (Lipinski definition) is 5. The molecule has 3 unspecified atom stereocenters. The summed E-state index contributed by atoms with van der Waals surface area (Å²) in [7, 11) is 1.57. The van der Waals surface area contributed by atoms with Crippen LogP contribution in [0.25, 0.3) is 0 Å². The lowest BCUT2D eigenvalue weighted by atomic mass is 9.86. The Labute approximate surface area is 181 Å². The molecule has 3 atom stereocenters. The molecule has 7 nitrogen and oxygen atoms in total. The van der Waals surface area contributed by atoms with Crippen molar-refractivity contribution in [1.29, 1.82) is 0 Å². The van der Waals surface area contributed by atoms with Crippen molar-refractivity contribution in [3.05, 3.63) is 54.0 Å². The van der Waals surface area contributed by atoms with Crippen molar-refractivity contribution in [2.45, 2.75) is 38.6 Å². The number of furan rings is 1. The summed E-state index contributed by atoms with van der Waals surface area (Å²) in [5, 5.41) is 2.78. The molecule has 1 aromatic heterocycles. The number of para-hydroxylation sites is 1. The number of ether oxygens (including phenoxy) is 1. The standard InChI is InChI=1S/C24H28N2O5/c1-26(22(27)15-31-23(28)13-18-12-16-8-9-17(18)11-16)21-7-3-2-6-20(21)24(29)25-14-19-5-4-10-30-19/h2-7,10,16-18H,8-9,11-15H2,1H3,(H,25,29). The van der Waals surface area contributed by atoms with Gasteiger partial charge < -0.3 is 19.4 Å². The summed E-state index contributed by atoms with van der Waals surface area (Å²) < 4.78 is 10.5. The van der Waals surface area contributed by atoms with Gasteiger partial charge in [0.25, 0.3) is 11.8 Å². The van der Waals surface area contributed by atoms with Gasteiger partial charge in [-0.2, -0.15) is 0 Å². The van der Waals surface area contributed by atoms with Gasteiger partial charge >= 0.3 is 5.97 Å². The van der Waals surface area contributed by atoms with Crippen molar-refractivity contribution in [3.8, 4) is 0 Å². The molecule has 0 spiro atoms. The van der Waals surface area contributed by atoms with E-state index in [2.05, 4.69) is 5.32 Å². The largest absolute Gasteiger partial charge is 0.467 e. The number of amides is 2. The van der Waals surface area contributed by atoms with Crippen molar-refractivity contribution in [2.75, 3.05) is 18.6 Å². The van der Waals surface area contributed by atoms with Crippen molar-refractivity contribution in [1.82, 2.24) is 5.32 Å². The minimum Gasteiger partial charge on any atom is -0.467 e. The summed E-state index contributed by atoms with van der Waals surface area (Å²) in [5.41, 5.74) is 0.812. The minimum atomic E-state index is -0.382. The molecule has 2 fully saturated rings. The maximum atomic E-state index is 12.6. The van der Waals surface area contributed by atoms with E-state index in [9.17, 15) is 14.4 Å². The molecule has 0 saturated heterocycles. The molecule has 164 valence electrons. The number of fused-ring (bicyclic) bond motifs is 2. The first-order valence-electron chi connectivity index (χ1n) is 10.8. The molecule has 2 aliphatic carbocycles. The third-order valence-electron chi connectivity index (χ3n) is 6.56. The zero-order chi connectivity index (χ0) is 21.8. The lowest BCUT2D eigenvalue weighted by molar-refractivity contribution is -0.149. The fraction of sp³-hybridized carbons (Fsp3) is 0.458. The average molecular weight is 424 g/mol. The van der Waals surface area contributed by atoms with Crippen molar-refractivity contribution in [3.63, 3.8) is 0 Å². The highest BCUT2D eigenvalue weighted by Crippen LogP contribution is 2.49. The number of anilines is 1. The molecule has 31 heavy (non-hydrogen) atoms. The van der Waals surface area contributed by atoms with Crippen LogP contribution in [0.15, 0.2) is 47.1 Å². The number of likely N-dealkylation sites (N-methyl/N-ethyl adjacent to an activating group) is 1. The fourth-order valence-corrected chi connectivity index (χ4v) is 4.91. The number of nitrogens with one attached hydrogen (secondary N) is 1. The first-order chi connectivity index (χ1) is 15.0. The van der Waals surface area contributed by atoms with Gasteiger partial charge in [-0.3, -0.25) is 14.4 Å². The Morgan fingerprint density at radius 3 is 2.68 bits per heavy atom. The summed E-state index contributed by atoms with van der Waals surface area (Å²) in [6, 6.07) is 10.4. The number of hydrogen-bond donors (Lipinski definition) is 1. The monoisotopic (exact) mass is 424 g/mol. The van der Waals surface area contributed by atoms with E-state index in [0.29, 0.717) is 35.3 Å². The van der Waals surface area contributed by atoms with E-state index in [1.807, 2.05) is 0 Å². The van der Waals surface area contributed by atoms with Crippen LogP contribution in [0.2, 0.25) is 0 Å². The van der Waals surface area contributed by atoms with E-state index in [4.69, 9.17) is 9.15 Å². The van der Waals surface area contributed by atoms with E-state index in [1.54, 1.807) is 49.7 Å². The first-order valence-corrected chi connectivity index (χ1v) is 10.8. The van der Waals surface area contributed by atoms with Gasteiger partial charge in [-0.25, -0.2) is 0 Å². The highest BCUT2D eigenvalue weighted by Gasteiger charge is 2.40. The van der Waals surface area contributed by atoms with Crippen LogP contribution in [0, 0.1) is 17.8 Å². The Hall–Kier alpha value is -3.09. The van der Waals surface area contributed by atoms with Crippen molar-refractivity contribution in [2.24, 2.45) is 17.8 Å². The van der Waals surface area contributed by atoms with Gasteiger partial charge in [0.1, 0.15) is 5.76 Å². The molecule has 2 saturated carbocycles. The van der Waals surface area contributed by atoms with Crippen LogP contribution in [0.1, 0.15) is 48.2 Å². The van der Waals surface area contributed by atoms with Crippen molar-refractivity contribution >= 4 is 23.5 Å². The van der Waals surface area contributed by atoms with Gasteiger partial charge in [0, 0.05) is 13.5 Å². The predicted molar refractivity (Wildman–Crippen MR) is 114 cm³/mol. The zero-order valence-electron chi connectivity index (χ0n) is 17.7. The van der Waals surface area contributed by atoms with Crippen LogP contribution in [-0.4, -0.2) is 31.4 Å². The molecule has 1 heterocycles. The second kappa shape index (κ2) is 9.37. The maximum absolute atomic E-state index is 12.6. The van der Waals surface area contributed by atoms with Gasteiger partial charge in [0.15, 0.2) is 6.61 Å². The number of rotatable bonds is 8. The van der Waals surface area contributed by atoms with Crippen LogP contribution in [0.5, 0.6) is 0 Å². The molecule has 1 aromatic carbocycles. The van der Waals surface area contributed by atoms with E-state index in [0.717, 1.165) is 12.3 Å². The quantitative estimate of drug-likeness (QED) is 0.655. The number of nitrogens with zero attached hydrogens (tertiary/aromatic N) is 1. The van der Waals surface area contributed by atoms with Gasteiger partial charge in [-0.05, 0) is 61.3 Å². The molecule has 7 heteroatoms. The highest BCUT2D eigenvalue weighted by atomic mass is 16.5. The third kappa shape index (κ3) is 4.98. The summed E-state index contributed by atoms with van der Waals surface area (Å²) in [5.74, 6) is 1.43. The molecule has 0 radical (unpaired) electrons. The van der Waals surface area contributed by atoms with E-state index >= 15 is 0 Å². The number of esters is 1. The maximum Gasteiger partial charge on any atom is 0.306 e. The molecule has 2 amide bonds. The molecule has 4 rings (SSSR count). The van der Waals surface area contributed by atoms with Crippen LogP contribution in [0.3, 0.4) is 0 Å². The second-order valence-corrected chi connectivity index (χ2v) is 8.53. The number of carbonyl (C=O) groups is 3. The molecular weight excluding hydrogens is 396 g/mol. The fourth-order valence-electron chi connectivity index (χ4n) is 4.91. The van der Waals surface area contributed by atoms with Gasteiger partial charge in [0.05, 0.1) is 24.1 Å². The molecule has 2 bridgehead atoms. The highest BCUT2D eigenvalue weighted by molar-refractivity contribution is 6.05. The zero-order valence-corrected chi connectivity index (χ0v) is 17.7. The van der Waals surface area contributed by atoms with Crippen LogP contribution in [0.4, 0.5) is 5.69 Å². The van der Waals surface area contributed by atoms with E-state index in [1.165, 1.54) is 24.2 Å². The summed E-state index contributed by atoms with van der Waals surface area (Å²) in [6.45, 7) is -0.0864. The summed E-state index contributed by atoms with van der Waals surface area (Å²) in [4.78, 5) is 38.9. The Morgan fingerprint density at radius 2 is 1.97 bits per heavy atom. The van der Waals surface area contributed by atoms with Crippen LogP contribution < -0.4 is 10.2 Å². The predicted octanol–water partition coefficient (Wildman–Crippen LogP) is 3.54. The first kappa shape index (κ1) is 21.2. The smallest absolute Gasteiger partial charge is 0.306 e. The third-order valence-corrected chi connectivity index (χ3v) is 6.56. The summed E-state index contributed by atoms with van der Waals surface area (Å²) in [6.07, 6.45) is 6.77. The SMILES string of the molecule is CN(C(=O)COC(=O)CC1CC2CCC1C2)c1ccccc1C(=O)NCc1ccco1. The lowest BCUT2D eigenvalue weighted by Gasteiger charge is -2.22. The topological polar surface area (TPSA) is 88.8 Å². The molecule has 0 aliphatic heterocycles. The Bertz CT molecular complexity index is 939. The van der Waals surface area contributed by atoms with Crippen molar-refractivity contribution < 1.29 is 23.5 Å². The molecule has 2 aliphatic rings. The minimum absolute atomic E-state index is 0.248. The van der Waals surface area contributed by atoms with Gasteiger partial charge in [-0.1, -0.05) is 18.6 Å².